The molecule has 27 heavy (non-hydrogen) atoms. The average molecular weight is 380 g/mol. The molecule has 0 unspecified atom stereocenters. The minimum Gasteiger partial charge on any atom is -0.491 e. The molecular weight excluding hydrogens is 360 g/mol. The van der Waals surface area contributed by atoms with Gasteiger partial charge in [0.05, 0.1) is 6.61 Å². The van der Waals surface area contributed by atoms with Gasteiger partial charge in [-0.25, -0.2) is 0 Å². The SMILES string of the molecule is COCCOc1ccc(C(=O)NC(=S)Nc2ccc3ccccc3c2)cc1. The van der Waals surface area contributed by atoms with Crippen LogP contribution in [-0.4, -0.2) is 31.3 Å². The summed E-state index contributed by atoms with van der Waals surface area (Å²) < 4.78 is 10.4. The molecule has 0 bridgehead atoms. The van der Waals surface area contributed by atoms with Crippen LogP contribution < -0.4 is 15.4 Å². The molecular formula is C21H20N2O3S. The molecule has 0 saturated heterocycles. The highest BCUT2D eigenvalue weighted by molar-refractivity contribution is 7.80. The zero-order valence-corrected chi connectivity index (χ0v) is 15.7. The third kappa shape index (κ3) is 5.26. The highest BCUT2D eigenvalue weighted by Gasteiger charge is 2.08. The standard InChI is InChI=1S/C21H20N2O3S/c1-25-12-13-26-19-10-7-16(8-11-19)20(24)23-21(27)22-18-9-6-15-4-2-3-5-17(15)14-18/h2-11,14H,12-13H2,1H3,(H2,22,23,24,27). The number of thiocarbonyl (C=S) groups is 1. The number of hydrogen-bond donors (Lipinski definition) is 2. The topological polar surface area (TPSA) is 59.6 Å². The molecule has 0 heterocycles. The summed E-state index contributed by atoms with van der Waals surface area (Å²) >= 11 is 5.25. The zero-order chi connectivity index (χ0) is 19.1. The van der Waals surface area contributed by atoms with Crippen molar-refractivity contribution in [3.63, 3.8) is 0 Å². The second-order valence-corrected chi connectivity index (χ2v) is 6.24. The molecule has 0 radical (unpaired) electrons. The molecule has 1 amide bonds. The van der Waals surface area contributed by atoms with Crippen molar-refractivity contribution in [2.75, 3.05) is 25.6 Å². The quantitative estimate of drug-likeness (QED) is 0.500. The summed E-state index contributed by atoms with van der Waals surface area (Å²) in [7, 11) is 1.62. The van der Waals surface area contributed by atoms with Crippen molar-refractivity contribution in [1.29, 1.82) is 0 Å². The number of methoxy groups -OCH3 is 1. The molecule has 3 rings (SSSR count). The van der Waals surface area contributed by atoms with Crippen LogP contribution in [0.1, 0.15) is 10.4 Å². The maximum Gasteiger partial charge on any atom is 0.257 e. The normalized spacial score (nSPS) is 10.4. The van der Waals surface area contributed by atoms with Crippen LogP contribution in [0.2, 0.25) is 0 Å². The molecule has 6 heteroatoms. The van der Waals surface area contributed by atoms with Crippen LogP contribution in [0.4, 0.5) is 5.69 Å². The lowest BCUT2D eigenvalue weighted by Gasteiger charge is -2.11. The van der Waals surface area contributed by atoms with Crippen LogP contribution in [0.15, 0.2) is 66.7 Å². The Bertz CT molecular complexity index is 942. The number of amides is 1. The van der Waals surface area contributed by atoms with Gasteiger partial charge in [0.25, 0.3) is 5.91 Å². The summed E-state index contributed by atoms with van der Waals surface area (Å²) in [6.07, 6.45) is 0. The highest BCUT2D eigenvalue weighted by Crippen LogP contribution is 2.19. The number of hydrogen-bond acceptors (Lipinski definition) is 4. The van der Waals surface area contributed by atoms with Gasteiger partial charge >= 0.3 is 0 Å². The van der Waals surface area contributed by atoms with Crippen molar-refractivity contribution in [3.05, 3.63) is 72.3 Å². The van der Waals surface area contributed by atoms with Crippen LogP contribution in [0.3, 0.4) is 0 Å². The fourth-order valence-corrected chi connectivity index (χ4v) is 2.76. The lowest BCUT2D eigenvalue weighted by atomic mass is 10.1. The van der Waals surface area contributed by atoms with Crippen LogP contribution >= 0.6 is 12.2 Å². The Morgan fingerprint density at radius 3 is 2.44 bits per heavy atom. The Labute approximate surface area is 163 Å². The van der Waals surface area contributed by atoms with Crippen LogP contribution in [0.5, 0.6) is 5.75 Å². The molecule has 0 aliphatic carbocycles. The molecule has 0 aliphatic heterocycles. The maximum absolute atomic E-state index is 12.3. The Hall–Kier alpha value is -2.96. The summed E-state index contributed by atoms with van der Waals surface area (Å²) in [6.45, 7) is 0.971. The van der Waals surface area contributed by atoms with E-state index in [-0.39, 0.29) is 11.0 Å². The second kappa shape index (κ2) is 9.12. The van der Waals surface area contributed by atoms with Crippen LogP contribution in [-0.2, 0) is 4.74 Å². The first-order valence-corrected chi connectivity index (χ1v) is 8.89. The second-order valence-electron chi connectivity index (χ2n) is 5.84. The Kier molecular flexibility index (Phi) is 6.35. The largest absolute Gasteiger partial charge is 0.491 e. The van der Waals surface area contributed by atoms with Crippen LogP contribution in [0.25, 0.3) is 10.8 Å². The molecule has 3 aromatic rings. The lowest BCUT2D eigenvalue weighted by molar-refractivity contribution is 0.0977. The van der Waals surface area contributed by atoms with Gasteiger partial charge in [-0.15, -0.1) is 0 Å². The molecule has 0 spiro atoms. The first-order chi connectivity index (χ1) is 13.2. The van der Waals surface area contributed by atoms with E-state index >= 15 is 0 Å². The van der Waals surface area contributed by atoms with E-state index < -0.39 is 0 Å². The van der Waals surface area contributed by atoms with Gasteiger partial charge in [0, 0.05) is 18.4 Å². The summed E-state index contributed by atoms with van der Waals surface area (Å²) in [5.74, 6) is 0.400. The number of fused-ring (bicyclic) bond motifs is 1. The van der Waals surface area contributed by atoms with Gasteiger partial charge in [-0.3, -0.25) is 10.1 Å². The third-order valence-electron chi connectivity index (χ3n) is 3.91. The number of rotatable bonds is 6. The first-order valence-electron chi connectivity index (χ1n) is 8.48. The van der Waals surface area contributed by atoms with E-state index in [4.69, 9.17) is 21.7 Å². The Balaban J connectivity index is 1.57. The van der Waals surface area contributed by atoms with Gasteiger partial charge in [0.1, 0.15) is 12.4 Å². The van der Waals surface area contributed by atoms with Crippen molar-refractivity contribution in [1.82, 2.24) is 5.32 Å². The Morgan fingerprint density at radius 1 is 0.963 bits per heavy atom. The van der Waals surface area contributed by atoms with Crippen LogP contribution in [0, 0.1) is 0 Å². The van der Waals surface area contributed by atoms with Crippen molar-refractivity contribution in [2.24, 2.45) is 0 Å². The van der Waals surface area contributed by atoms with Gasteiger partial charge in [-0.2, -0.15) is 0 Å². The molecule has 138 valence electrons. The molecule has 2 N–H and O–H groups in total. The van der Waals surface area contributed by atoms with Gasteiger partial charge in [-0.1, -0.05) is 30.3 Å². The zero-order valence-electron chi connectivity index (χ0n) is 14.9. The molecule has 0 aliphatic rings. The van der Waals surface area contributed by atoms with E-state index in [1.807, 2.05) is 42.5 Å². The summed E-state index contributed by atoms with van der Waals surface area (Å²) in [5.41, 5.74) is 1.32. The summed E-state index contributed by atoms with van der Waals surface area (Å²) in [5, 5.41) is 8.21. The number of anilines is 1. The minimum absolute atomic E-state index is 0.246. The third-order valence-corrected chi connectivity index (χ3v) is 4.11. The predicted molar refractivity (Wildman–Crippen MR) is 111 cm³/mol. The highest BCUT2D eigenvalue weighted by atomic mass is 32.1. The van der Waals surface area contributed by atoms with E-state index in [9.17, 15) is 4.79 Å². The molecule has 0 fully saturated rings. The minimum atomic E-state index is -0.281. The molecule has 5 nitrogen and oxygen atoms in total. The van der Waals surface area contributed by atoms with E-state index in [1.54, 1.807) is 31.4 Å². The average Bonchev–Trinajstić information content (AvgIpc) is 2.68. The van der Waals surface area contributed by atoms with Gasteiger partial charge in [0.2, 0.25) is 0 Å². The monoisotopic (exact) mass is 380 g/mol. The number of nitrogens with one attached hydrogen (secondary N) is 2. The van der Waals surface area contributed by atoms with E-state index in [2.05, 4.69) is 10.6 Å². The fraction of sp³-hybridized carbons (Fsp3) is 0.143. The van der Waals surface area contributed by atoms with Gasteiger partial charge in [-0.05, 0) is 59.4 Å². The van der Waals surface area contributed by atoms with E-state index in [0.717, 1.165) is 16.5 Å². The molecule has 0 saturated carbocycles. The van der Waals surface area contributed by atoms with Crippen molar-refractivity contribution in [3.8, 4) is 5.75 Å². The van der Waals surface area contributed by atoms with E-state index in [1.165, 1.54) is 0 Å². The van der Waals surface area contributed by atoms with Crippen molar-refractivity contribution < 1.29 is 14.3 Å². The number of ether oxygens (including phenoxy) is 2. The van der Waals surface area contributed by atoms with Gasteiger partial charge in [0.15, 0.2) is 5.11 Å². The number of benzene rings is 3. The smallest absolute Gasteiger partial charge is 0.257 e. The molecule has 0 atom stereocenters. The number of carbonyl (C=O) groups excluding carboxylic acids is 1. The Morgan fingerprint density at radius 2 is 1.70 bits per heavy atom. The molecule has 3 aromatic carbocycles. The molecule has 0 aromatic heterocycles. The van der Waals surface area contributed by atoms with Crippen molar-refractivity contribution in [2.45, 2.75) is 0 Å². The maximum atomic E-state index is 12.3. The predicted octanol–water partition coefficient (Wildman–Crippen LogP) is 3.99. The summed E-state index contributed by atoms with van der Waals surface area (Å²) in [6, 6.07) is 20.8. The first kappa shape index (κ1) is 18.8. The van der Waals surface area contributed by atoms with Crippen molar-refractivity contribution >= 4 is 39.7 Å². The van der Waals surface area contributed by atoms with Gasteiger partial charge < -0.3 is 14.8 Å². The fourth-order valence-electron chi connectivity index (χ4n) is 2.55. The van der Waals surface area contributed by atoms with E-state index in [0.29, 0.717) is 24.5 Å². The lowest BCUT2D eigenvalue weighted by Crippen LogP contribution is -2.34. The summed E-state index contributed by atoms with van der Waals surface area (Å²) in [4.78, 5) is 12.3. The number of carbonyl (C=O) groups is 1.